The van der Waals surface area contributed by atoms with Gasteiger partial charge in [0.1, 0.15) is 5.82 Å². The van der Waals surface area contributed by atoms with E-state index in [0.29, 0.717) is 4.47 Å². The summed E-state index contributed by atoms with van der Waals surface area (Å²) in [6.07, 6.45) is 0.920. The molecule has 1 aromatic rings. The highest BCUT2D eigenvalue weighted by Crippen LogP contribution is 2.25. The summed E-state index contributed by atoms with van der Waals surface area (Å²) in [6.45, 7) is 10.3. The molecule has 0 spiro atoms. The first kappa shape index (κ1) is 16.6. The molecule has 0 fully saturated rings. The second-order valence-electron chi connectivity index (χ2n) is 4.57. The average molecular weight is 331 g/mol. The molecule has 0 radical (unpaired) electrons. The fourth-order valence-corrected chi connectivity index (χ4v) is 2.64. The van der Waals surface area contributed by atoms with Crippen LogP contribution in [-0.4, -0.2) is 31.1 Å². The predicted octanol–water partition coefficient (Wildman–Crippen LogP) is 3.97. The van der Waals surface area contributed by atoms with Crippen molar-refractivity contribution < 1.29 is 4.39 Å². The molecule has 1 atom stereocenters. The van der Waals surface area contributed by atoms with E-state index in [2.05, 4.69) is 46.9 Å². The third-order valence-corrected chi connectivity index (χ3v) is 4.05. The second-order valence-corrected chi connectivity index (χ2v) is 5.42. The smallest absolute Gasteiger partial charge is 0.142 e. The van der Waals surface area contributed by atoms with Crippen molar-refractivity contribution in [1.82, 2.24) is 10.2 Å². The molecule has 2 nitrogen and oxygen atoms in total. The normalized spacial score (nSPS) is 12.9. The van der Waals surface area contributed by atoms with Gasteiger partial charge in [-0.2, -0.15) is 0 Å². The molecule has 0 aliphatic heterocycles. The summed E-state index contributed by atoms with van der Waals surface area (Å²) >= 11 is 3.26. The van der Waals surface area contributed by atoms with Gasteiger partial charge in [-0.3, -0.25) is 0 Å². The molecule has 4 heteroatoms. The van der Waals surface area contributed by atoms with Crippen molar-refractivity contribution in [3.05, 3.63) is 34.1 Å². The molecular formula is C15H24BrFN2. The lowest BCUT2D eigenvalue weighted by Gasteiger charge is -2.24. The molecule has 19 heavy (non-hydrogen) atoms. The molecule has 0 aliphatic rings. The highest BCUT2D eigenvalue weighted by Gasteiger charge is 2.17. The first-order valence-corrected chi connectivity index (χ1v) is 7.82. The van der Waals surface area contributed by atoms with Gasteiger partial charge >= 0.3 is 0 Å². The molecule has 0 aliphatic carbocycles. The van der Waals surface area contributed by atoms with Crippen molar-refractivity contribution in [2.45, 2.75) is 33.2 Å². The zero-order valence-corrected chi connectivity index (χ0v) is 13.6. The molecule has 108 valence electrons. The van der Waals surface area contributed by atoms with E-state index in [-0.39, 0.29) is 11.9 Å². The Bertz CT molecular complexity index is 380. The lowest BCUT2D eigenvalue weighted by atomic mass is 10.0. The molecule has 0 saturated heterocycles. The summed E-state index contributed by atoms with van der Waals surface area (Å²) in [5.74, 6) is -0.145. The van der Waals surface area contributed by atoms with Crippen LogP contribution in [0, 0.1) is 5.82 Å². The average Bonchev–Trinajstić information content (AvgIpc) is 2.42. The monoisotopic (exact) mass is 330 g/mol. The van der Waals surface area contributed by atoms with Crippen LogP contribution in [0.3, 0.4) is 0 Å². The van der Waals surface area contributed by atoms with E-state index in [1.807, 2.05) is 12.1 Å². The molecule has 1 aromatic carbocycles. The van der Waals surface area contributed by atoms with Crippen LogP contribution in [0.4, 0.5) is 4.39 Å². The second kappa shape index (κ2) is 8.67. The van der Waals surface area contributed by atoms with Gasteiger partial charge in [-0.15, -0.1) is 0 Å². The predicted molar refractivity (Wildman–Crippen MR) is 82.9 cm³/mol. The van der Waals surface area contributed by atoms with Crippen molar-refractivity contribution in [3.63, 3.8) is 0 Å². The Hall–Kier alpha value is -0.450. The number of benzene rings is 1. The third kappa shape index (κ3) is 4.86. The van der Waals surface area contributed by atoms with Crippen molar-refractivity contribution in [2.24, 2.45) is 0 Å². The van der Waals surface area contributed by atoms with Gasteiger partial charge in [-0.1, -0.05) is 32.9 Å². The zero-order chi connectivity index (χ0) is 14.3. The van der Waals surface area contributed by atoms with Gasteiger partial charge in [-0.05, 0) is 54.6 Å². The van der Waals surface area contributed by atoms with Crippen LogP contribution in [0.2, 0.25) is 0 Å². The van der Waals surface area contributed by atoms with Gasteiger partial charge in [0.15, 0.2) is 0 Å². The molecule has 1 unspecified atom stereocenters. The van der Waals surface area contributed by atoms with Crippen molar-refractivity contribution in [3.8, 4) is 0 Å². The van der Waals surface area contributed by atoms with E-state index in [1.54, 1.807) is 6.07 Å². The van der Waals surface area contributed by atoms with Crippen LogP contribution in [0.5, 0.6) is 0 Å². The zero-order valence-electron chi connectivity index (χ0n) is 12.0. The maximum atomic E-state index is 14.2. The number of rotatable bonds is 8. The fourth-order valence-electron chi connectivity index (χ4n) is 2.26. The Labute approximate surface area is 124 Å². The quantitative estimate of drug-likeness (QED) is 0.775. The van der Waals surface area contributed by atoms with Crippen LogP contribution in [-0.2, 0) is 0 Å². The van der Waals surface area contributed by atoms with Crippen molar-refractivity contribution in [1.29, 1.82) is 0 Å². The van der Waals surface area contributed by atoms with Crippen molar-refractivity contribution >= 4 is 15.9 Å². The topological polar surface area (TPSA) is 15.3 Å². The Balaban J connectivity index is 2.79. The summed E-state index contributed by atoms with van der Waals surface area (Å²) in [7, 11) is 0. The summed E-state index contributed by atoms with van der Waals surface area (Å²) in [5, 5.41) is 3.38. The Morgan fingerprint density at radius 2 is 1.95 bits per heavy atom. The molecule has 0 amide bonds. The van der Waals surface area contributed by atoms with Crippen LogP contribution >= 0.6 is 15.9 Å². The third-order valence-electron chi connectivity index (χ3n) is 3.44. The molecule has 0 saturated carbocycles. The van der Waals surface area contributed by atoms with Crippen LogP contribution < -0.4 is 5.32 Å². The number of hydrogen-bond acceptors (Lipinski definition) is 2. The highest BCUT2D eigenvalue weighted by atomic mass is 79.9. The first-order chi connectivity index (χ1) is 9.13. The van der Waals surface area contributed by atoms with Crippen LogP contribution in [0.25, 0.3) is 0 Å². The Kier molecular flexibility index (Phi) is 7.57. The van der Waals surface area contributed by atoms with E-state index in [9.17, 15) is 4.39 Å². The fraction of sp³-hybridized carbons (Fsp3) is 0.600. The van der Waals surface area contributed by atoms with Crippen LogP contribution in [0.1, 0.15) is 38.8 Å². The molecule has 1 rings (SSSR count). The van der Waals surface area contributed by atoms with Crippen LogP contribution in [0.15, 0.2) is 22.7 Å². The molecular weight excluding hydrogens is 307 g/mol. The first-order valence-electron chi connectivity index (χ1n) is 7.03. The lowest BCUT2D eigenvalue weighted by Crippen LogP contribution is -2.30. The van der Waals surface area contributed by atoms with E-state index in [1.165, 1.54) is 0 Å². The van der Waals surface area contributed by atoms with Gasteiger partial charge in [0.25, 0.3) is 0 Å². The Morgan fingerprint density at radius 1 is 1.26 bits per heavy atom. The molecule has 1 N–H and O–H groups in total. The number of hydrogen-bond donors (Lipinski definition) is 1. The maximum absolute atomic E-state index is 14.2. The van der Waals surface area contributed by atoms with E-state index >= 15 is 0 Å². The standard InChI is InChI=1S/C15H24BrFN2/c1-4-18-14(10-11-19(5-2)6-3)12-8-7-9-13(16)15(12)17/h7-9,14,18H,4-6,10-11H2,1-3H3. The minimum atomic E-state index is -0.145. The number of nitrogens with zero attached hydrogens (tertiary/aromatic N) is 1. The number of halogens is 2. The maximum Gasteiger partial charge on any atom is 0.142 e. The largest absolute Gasteiger partial charge is 0.310 e. The highest BCUT2D eigenvalue weighted by molar-refractivity contribution is 9.10. The van der Waals surface area contributed by atoms with Gasteiger partial charge in [0.2, 0.25) is 0 Å². The van der Waals surface area contributed by atoms with Gasteiger partial charge in [-0.25, -0.2) is 4.39 Å². The summed E-state index contributed by atoms with van der Waals surface area (Å²) < 4.78 is 14.7. The van der Waals surface area contributed by atoms with Gasteiger partial charge in [0, 0.05) is 11.6 Å². The molecule has 0 heterocycles. The summed E-state index contributed by atoms with van der Waals surface area (Å²) in [4.78, 5) is 2.36. The van der Waals surface area contributed by atoms with Gasteiger partial charge < -0.3 is 10.2 Å². The lowest BCUT2D eigenvalue weighted by molar-refractivity contribution is 0.281. The SMILES string of the molecule is CCNC(CCN(CC)CC)c1cccc(Br)c1F. The van der Waals surface area contributed by atoms with E-state index in [0.717, 1.165) is 38.2 Å². The van der Waals surface area contributed by atoms with E-state index in [4.69, 9.17) is 0 Å². The number of nitrogens with one attached hydrogen (secondary N) is 1. The minimum absolute atomic E-state index is 0.0723. The van der Waals surface area contributed by atoms with E-state index < -0.39 is 0 Å². The summed E-state index contributed by atoms with van der Waals surface area (Å²) in [5.41, 5.74) is 0.753. The Morgan fingerprint density at radius 3 is 2.53 bits per heavy atom. The molecule has 0 aromatic heterocycles. The minimum Gasteiger partial charge on any atom is -0.310 e. The summed E-state index contributed by atoms with van der Waals surface area (Å²) in [6, 6.07) is 5.58. The van der Waals surface area contributed by atoms with Gasteiger partial charge in [0.05, 0.1) is 4.47 Å². The molecule has 0 bridgehead atoms. The van der Waals surface area contributed by atoms with Crippen molar-refractivity contribution in [2.75, 3.05) is 26.2 Å².